The van der Waals surface area contributed by atoms with Crippen LogP contribution in [0.2, 0.25) is 0 Å². The molecular weight excluding hydrogens is 351 g/mol. The molecule has 134 valence electrons. The van der Waals surface area contributed by atoms with Gasteiger partial charge in [-0.05, 0) is 32.0 Å². The first kappa shape index (κ1) is 18.1. The molecule has 3 aromatic rings. The van der Waals surface area contributed by atoms with E-state index in [0.29, 0.717) is 5.16 Å². The molecule has 0 radical (unpaired) electrons. The van der Waals surface area contributed by atoms with Crippen LogP contribution < -0.4 is 5.32 Å². The van der Waals surface area contributed by atoms with Crippen LogP contribution in [0.3, 0.4) is 0 Å². The van der Waals surface area contributed by atoms with Crippen LogP contribution in [0.4, 0.5) is 10.1 Å². The Bertz CT molecular complexity index is 941. The number of anilines is 1. The summed E-state index contributed by atoms with van der Waals surface area (Å²) < 4.78 is 15.5. The number of carbonyl (C=O) groups excluding carboxylic acids is 1. The van der Waals surface area contributed by atoms with E-state index in [9.17, 15) is 9.18 Å². The summed E-state index contributed by atoms with van der Waals surface area (Å²) in [6.07, 6.45) is 0. The predicted molar refractivity (Wildman–Crippen MR) is 102 cm³/mol. The Labute approximate surface area is 155 Å². The summed E-state index contributed by atoms with van der Waals surface area (Å²) in [6, 6.07) is 14.1. The molecule has 5 nitrogen and oxygen atoms in total. The van der Waals surface area contributed by atoms with Crippen LogP contribution in [0.25, 0.3) is 11.4 Å². The first-order chi connectivity index (χ1) is 12.5. The van der Waals surface area contributed by atoms with Gasteiger partial charge in [-0.25, -0.2) is 4.39 Å². The van der Waals surface area contributed by atoms with Gasteiger partial charge in [-0.1, -0.05) is 47.7 Å². The minimum Gasteiger partial charge on any atom is -0.323 e. The van der Waals surface area contributed by atoms with Gasteiger partial charge in [0.2, 0.25) is 5.91 Å². The number of aryl methyl sites for hydroxylation is 1. The highest BCUT2D eigenvalue weighted by atomic mass is 32.2. The largest absolute Gasteiger partial charge is 0.323 e. The van der Waals surface area contributed by atoms with Gasteiger partial charge in [-0.15, -0.1) is 10.2 Å². The van der Waals surface area contributed by atoms with Crippen molar-refractivity contribution >= 4 is 23.4 Å². The van der Waals surface area contributed by atoms with E-state index in [-0.39, 0.29) is 11.6 Å². The van der Waals surface area contributed by atoms with Crippen LogP contribution in [0.1, 0.15) is 12.5 Å². The van der Waals surface area contributed by atoms with Crippen LogP contribution in [0, 0.1) is 12.7 Å². The Morgan fingerprint density at radius 3 is 2.69 bits per heavy atom. The molecule has 0 unspecified atom stereocenters. The molecule has 0 aliphatic carbocycles. The number of hydrogen-bond donors (Lipinski definition) is 1. The molecule has 26 heavy (non-hydrogen) atoms. The molecule has 0 aliphatic rings. The zero-order valence-corrected chi connectivity index (χ0v) is 15.5. The second kappa shape index (κ2) is 7.70. The van der Waals surface area contributed by atoms with Crippen molar-refractivity contribution in [1.82, 2.24) is 14.8 Å². The minimum atomic E-state index is -0.460. The van der Waals surface area contributed by atoms with E-state index in [1.165, 1.54) is 23.9 Å². The Hall–Kier alpha value is -2.67. The van der Waals surface area contributed by atoms with Gasteiger partial charge in [0, 0.05) is 12.6 Å². The number of nitrogens with zero attached hydrogens (tertiary/aromatic N) is 3. The van der Waals surface area contributed by atoms with E-state index in [1.807, 2.05) is 42.8 Å². The normalized spacial score (nSPS) is 12.0. The molecule has 3 rings (SSSR count). The molecule has 0 fully saturated rings. The van der Waals surface area contributed by atoms with Gasteiger partial charge in [-0.2, -0.15) is 0 Å². The zero-order chi connectivity index (χ0) is 18.7. The van der Waals surface area contributed by atoms with E-state index in [4.69, 9.17) is 0 Å². The van der Waals surface area contributed by atoms with Gasteiger partial charge in [0.15, 0.2) is 11.0 Å². The summed E-state index contributed by atoms with van der Waals surface area (Å²) in [5.74, 6) is -0.0171. The quantitative estimate of drug-likeness (QED) is 0.689. The maximum Gasteiger partial charge on any atom is 0.237 e. The van der Waals surface area contributed by atoms with Gasteiger partial charge in [0.1, 0.15) is 5.82 Å². The maximum absolute atomic E-state index is 13.7. The minimum absolute atomic E-state index is 0.170. The van der Waals surface area contributed by atoms with Crippen molar-refractivity contribution in [2.45, 2.75) is 24.3 Å². The van der Waals surface area contributed by atoms with Crippen LogP contribution in [-0.4, -0.2) is 25.9 Å². The highest BCUT2D eigenvalue weighted by Crippen LogP contribution is 2.27. The second-order valence-corrected chi connectivity index (χ2v) is 7.27. The fourth-order valence-electron chi connectivity index (χ4n) is 2.46. The molecule has 2 aromatic carbocycles. The summed E-state index contributed by atoms with van der Waals surface area (Å²) in [6.45, 7) is 3.77. The van der Waals surface area contributed by atoms with E-state index in [0.717, 1.165) is 17.0 Å². The molecule has 7 heteroatoms. The van der Waals surface area contributed by atoms with Crippen molar-refractivity contribution in [3.8, 4) is 11.4 Å². The predicted octanol–water partition coefficient (Wildman–Crippen LogP) is 4.05. The number of nitrogens with one attached hydrogen (secondary N) is 1. The lowest BCUT2D eigenvalue weighted by molar-refractivity contribution is -0.115. The molecule has 0 aliphatic heterocycles. The fraction of sp³-hybridized carbons (Fsp3) is 0.211. The third-order valence-corrected chi connectivity index (χ3v) is 5.03. The standard InChI is InChI=1S/C19H19FN4OS/c1-12-7-6-8-14(11-12)17-22-23-19(24(17)3)26-13(2)18(25)21-16-10-5-4-9-15(16)20/h4-11,13H,1-3H3,(H,21,25)/t13-/m1/s1. The summed E-state index contributed by atoms with van der Waals surface area (Å²) in [5.41, 5.74) is 2.27. The molecule has 0 bridgehead atoms. The lowest BCUT2D eigenvalue weighted by Gasteiger charge is -2.12. The molecule has 0 saturated heterocycles. The summed E-state index contributed by atoms with van der Waals surface area (Å²) in [5, 5.41) is 11.2. The monoisotopic (exact) mass is 370 g/mol. The van der Waals surface area contributed by atoms with Crippen LogP contribution in [0.15, 0.2) is 53.7 Å². The third kappa shape index (κ3) is 3.94. The fourth-order valence-corrected chi connectivity index (χ4v) is 3.28. The lowest BCUT2D eigenvalue weighted by atomic mass is 10.1. The van der Waals surface area contributed by atoms with E-state index < -0.39 is 11.1 Å². The van der Waals surface area contributed by atoms with Gasteiger partial charge >= 0.3 is 0 Å². The number of para-hydroxylation sites is 1. The highest BCUT2D eigenvalue weighted by molar-refractivity contribution is 8.00. The van der Waals surface area contributed by atoms with Gasteiger partial charge in [0.05, 0.1) is 10.9 Å². The number of rotatable bonds is 5. The van der Waals surface area contributed by atoms with Crippen molar-refractivity contribution in [3.05, 3.63) is 59.9 Å². The molecule has 1 aromatic heterocycles. The molecule has 1 N–H and O–H groups in total. The lowest BCUT2D eigenvalue weighted by Crippen LogP contribution is -2.23. The van der Waals surface area contributed by atoms with E-state index in [2.05, 4.69) is 15.5 Å². The molecule has 1 atom stereocenters. The number of thioether (sulfide) groups is 1. The van der Waals surface area contributed by atoms with Crippen molar-refractivity contribution in [2.75, 3.05) is 5.32 Å². The van der Waals surface area contributed by atoms with Crippen molar-refractivity contribution in [3.63, 3.8) is 0 Å². The number of halogens is 1. The molecular formula is C19H19FN4OS. The van der Waals surface area contributed by atoms with E-state index in [1.54, 1.807) is 19.1 Å². The second-order valence-electron chi connectivity index (χ2n) is 5.96. The Kier molecular flexibility index (Phi) is 5.37. The first-order valence-electron chi connectivity index (χ1n) is 8.14. The number of benzene rings is 2. The summed E-state index contributed by atoms with van der Waals surface area (Å²) in [4.78, 5) is 12.3. The number of amides is 1. The van der Waals surface area contributed by atoms with Crippen molar-refractivity contribution in [2.24, 2.45) is 7.05 Å². The van der Waals surface area contributed by atoms with Crippen LogP contribution in [-0.2, 0) is 11.8 Å². The number of hydrogen-bond acceptors (Lipinski definition) is 4. The summed E-state index contributed by atoms with van der Waals surface area (Å²) >= 11 is 1.28. The molecule has 0 spiro atoms. The smallest absolute Gasteiger partial charge is 0.237 e. The van der Waals surface area contributed by atoms with Gasteiger partial charge in [-0.3, -0.25) is 4.79 Å². The van der Waals surface area contributed by atoms with Crippen LogP contribution >= 0.6 is 11.8 Å². The Morgan fingerprint density at radius 2 is 1.96 bits per heavy atom. The Morgan fingerprint density at radius 1 is 1.19 bits per heavy atom. The molecule has 1 heterocycles. The van der Waals surface area contributed by atoms with E-state index >= 15 is 0 Å². The number of aromatic nitrogens is 3. The summed E-state index contributed by atoms with van der Waals surface area (Å²) in [7, 11) is 1.86. The average molecular weight is 370 g/mol. The van der Waals surface area contributed by atoms with Gasteiger partial charge in [0.25, 0.3) is 0 Å². The van der Waals surface area contributed by atoms with Gasteiger partial charge < -0.3 is 9.88 Å². The average Bonchev–Trinajstić information content (AvgIpc) is 2.97. The highest BCUT2D eigenvalue weighted by Gasteiger charge is 2.20. The first-order valence-corrected chi connectivity index (χ1v) is 9.02. The van der Waals surface area contributed by atoms with Crippen molar-refractivity contribution in [1.29, 1.82) is 0 Å². The number of carbonyl (C=O) groups is 1. The molecule has 1 amide bonds. The molecule has 0 saturated carbocycles. The van der Waals surface area contributed by atoms with Crippen LogP contribution in [0.5, 0.6) is 0 Å². The van der Waals surface area contributed by atoms with Crippen molar-refractivity contribution < 1.29 is 9.18 Å². The topological polar surface area (TPSA) is 59.8 Å². The zero-order valence-electron chi connectivity index (χ0n) is 14.7. The third-order valence-electron chi connectivity index (χ3n) is 3.89. The SMILES string of the molecule is Cc1cccc(-c2nnc(S[C@H](C)C(=O)Nc3ccccc3F)n2C)c1. The Balaban J connectivity index is 1.73. The maximum atomic E-state index is 13.7.